The lowest BCUT2D eigenvalue weighted by molar-refractivity contribution is -0.132. The zero-order valence-corrected chi connectivity index (χ0v) is 6.51. The molecule has 0 rings (SSSR count). The summed E-state index contributed by atoms with van der Waals surface area (Å²) < 4.78 is 0. The highest BCUT2D eigenvalue weighted by molar-refractivity contribution is 5.91. The van der Waals surface area contributed by atoms with Gasteiger partial charge in [-0.1, -0.05) is 12.2 Å². The van der Waals surface area contributed by atoms with Crippen LogP contribution in [0.5, 0.6) is 0 Å². The molecule has 10 heavy (non-hydrogen) atoms. The van der Waals surface area contributed by atoms with Gasteiger partial charge >= 0.3 is 5.97 Å². The molecule has 2 nitrogen and oxygen atoms in total. The minimum absolute atomic E-state index is 0.377. The summed E-state index contributed by atoms with van der Waals surface area (Å²) in [5.74, 6) is -0.863. The lowest BCUT2D eigenvalue weighted by Gasteiger charge is -1.98. The first-order chi connectivity index (χ1) is 4.63. The third kappa shape index (κ3) is 2.05. The number of carboxylic acids is 1. The Balaban J connectivity index is 4.56. The Morgan fingerprint density at radius 2 is 1.80 bits per heavy atom. The van der Waals surface area contributed by atoms with Crippen molar-refractivity contribution in [2.45, 2.75) is 20.8 Å². The molecule has 0 amide bonds. The number of allylic oxidation sites excluding steroid dienone is 2. The Bertz CT molecular complexity index is 187. The summed E-state index contributed by atoms with van der Waals surface area (Å²) in [7, 11) is 0. The fourth-order valence-corrected chi connectivity index (χ4v) is 0.675. The SMILES string of the molecule is C/C=C(C)\C(=C/C)C(=O)O. The number of carboxylic acid groups (broad SMARTS) is 1. The Hall–Kier alpha value is -1.05. The van der Waals surface area contributed by atoms with Gasteiger partial charge in [-0.2, -0.15) is 0 Å². The van der Waals surface area contributed by atoms with Crippen LogP contribution in [0.3, 0.4) is 0 Å². The van der Waals surface area contributed by atoms with Crippen LogP contribution >= 0.6 is 0 Å². The van der Waals surface area contributed by atoms with Crippen LogP contribution in [0.25, 0.3) is 0 Å². The molecule has 0 aliphatic heterocycles. The van der Waals surface area contributed by atoms with E-state index in [0.29, 0.717) is 5.57 Å². The maximum atomic E-state index is 10.4. The molecule has 0 aliphatic rings. The first-order valence-electron chi connectivity index (χ1n) is 3.16. The van der Waals surface area contributed by atoms with Crippen molar-refractivity contribution in [3.8, 4) is 0 Å². The van der Waals surface area contributed by atoms with Gasteiger partial charge in [-0.05, 0) is 26.3 Å². The number of rotatable bonds is 2. The van der Waals surface area contributed by atoms with Crippen molar-refractivity contribution >= 4 is 5.97 Å². The van der Waals surface area contributed by atoms with Crippen molar-refractivity contribution in [2.24, 2.45) is 0 Å². The molecule has 56 valence electrons. The third-order valence-electron chi connectivity index (χ3n) is 1.38. The predicted molar refractivity (Wildman–Crippen MR) is 40.8 cm³/mol. The average Bonchev–Trinajstić information content (AvgIpc) is 1.88. The van der Waals surface area contributed by atoms with Gasteiger partial charge in [0.25, 0.3) is 0 Å². The van der Waals surface area contributed by atoms with Crippen molar-refractivity contribution < 1.29 is 9.90 Å². The number of hydrogen-bond acceptors (Lipinski definition) is 1. The zero-order valence-electron chi connectivity index (χ0n) is 6.51. The summed E-state index contributed by atoms with van der Waals surface area (Å²) in [6, 6.07) is 0. The number of carbonyl (C=O) groups is 1. The summed E-state index contributed by atoms with van der Waals surface area (Å²) >= 11 is 0. The lowest BCUT2D eigenvalue weighted by atomic mass is 10.1. The van der Waals surface area contributed by atoms with E-state index in [1.807, 2.05) is 6.92 Å². The van der Waals surface area contributed by atoms with Gasteiger partial charge in [0, 0.05) is 0 Å². The minimum Gasteiger partial charge on any atom is -0.478 e. The van der Waals surface area contributed by atoms with Gasteiger partial charge in [0.1, 0.15) is 0 Å². The molecule has 0 spiro atoms. The fraction of sp³-hybridized carbons (Fsp3) is 0.375. The second-order valence-corrected chi connectivity index (χ2v) is 1.98. The van der Waals surface area contributed by atoms with E-state index in [2.05, 4.69) is 0 Å². The van der Waals surface area contributed by atoms with Gasteiger partial charge in [-0.25, -0.2) is 4.79 Å². The summed E-state index contributed by atoms with van der Waals surface area (Å²) in [4.78, 5) is 10.4. The summed E-state index contributed by atoms with van der Waals surface area (Å²) in [5.41, 5.74) is 1.18. The van der Waals surface area contributed by atoms with Gasteiger partial charge in [0.15, 0.2) is 0 Å². The molecule has 0 radical (unpaired) electrons. The van der Waals surface area contributed by atoms with Gasteiger partial charge in [0.05, 0.1) is 5.57 Å². The summed E-state index contributed by atoms with van der Waals surface area (Å²) in [6.45, 7) is 5.32. The topological polar surface area (TPSA) is 37.3 Å². The zero-order chi connectivity index (χ0) is 8.15. The monoisotopic (exact) mass is 140 g/mol. The second kappa shape index (κ2) is 3.88. The van der Waals surface area contributed by atoms with Crippen LogP contribution in [0, 0.1) is 0 Å². The number of hydrogen-bond donors (Lipinski definition) is 1. The van der Waals surface area contributed by atoms with Crippen molar-refractivity contribution in [1.82, 2.24) is 0 Å². The van der Waals surface area contributed by atoms with Crippen LogP contribution < -0.4 is 0 Å². The number of aliphatic carboxylic acids is 1. The maximum absolute atomic E-state index is 10.4. The molecule has 0 saturated carbocycles. The van der Waals surface area contributed by atoms with Crippen molar-refractivity contribution in [3.63, 3.8) is 0 Å². The largest absolute Gasteiger partial charge is 0.478 e. The summed E-state index contributed by atoms with van der Waals surface area (Å²) in [5, 5.41) is 8.57. The average molecular weight is 140 g/mol. The van der Waals surface area contributed by atoms with E-state index in [4.69, 9.17) is 5.11 Å². The highest BCUT2D eigenvalue weighted by atomic mass is 16.4. The molecule has 0 fully saturated rings. The Morgan fingerprint density at radius 1 is 1.30 bits per heavy atom. The van der Waals surface area contributed by atoms with Crippen molar-refractivity contribution in [1.29, 1.82) is 0 Å². The van der Waals surface area contributed by atoms with Gasteiger partial charge in [0.2, 0.25) is 0 Å². The van der Waals surface area contributed by atoms with Crippen LogP contribution in [0.4, 0.5) is 0 Å². The van der Waals surface area contributed by atoms with E-state index in [1.54, 1.807) is 26.0 Å². The molecule has 2 heteroatoms. The van der Waals surface area contributed by atoms with Crippen LogP contribution in [-0.2, 0) is 4.79 Å². The molecule has 0 aromatic heterocycles. The lowest BCUT2D eigenvalue weighted by Crippen LogP contribution is -2.00. The summed E-state index contributed by atoms with van der Waals surface area (Å²) in [6.07, 6.45) is 3.38. The van der Waals surface area contributed by atoms with Crippen LogP contribution in [0.15, 0.2) is 23.3 Å². The molecule has 0 aromatic carbocycles. The molecule has 0 aromatic rings. The molecular formula is C8H12O2. The predicted octanol–water partition coefficient (Wildman–Crippen LogP) is 1.98. The van der Waals surface area contributed by atoms with Gasteiger partial charge in [-0.15, -0.1) is 0 Å². The Kier molecular flexibility index (Phi) is 3.47. The smallest absolute Gasteiger partial charge is 0.335 e. The maximum Gasteiger partial charge on any atom is 0.335 e. The van der Waals surface area contributed by atoms with Gasteiger partial charge in [-0.3, -0.25) is 0 Å². The van der Waals surface area contributed by atoms with Crippen LogP contribution in [0.2, 0.25) is 0 Å². The second-order valence-electron chi connectivity index (χ2n) is 1.98. The van der Waals surface area contributed by atoms with E-state index in [-0.39, 0.29) is 0 Å². The molecule has 0 saturated heterocycles. The first kappa shape index (κ1) is 8.95. The Labute approximate surface area is 60.9 Å². The quantitative estimate of drug-likeness (QED) is 0.470. The van der Waals surface area contributed by atoms with Crippen LogP contribution in [-0.4, -0.2) is 11.1 Å². The van der Waals surface area contributed by atoms with E-state index in [9.17, 15) is 4.79 Å². The van der Waals surface area contributed by atoms with E-state index in [0.717, 1.165) is 5.57 Å². The molecule has 0 atom stereocenters. The molecule has 0 aliphatic carbocycles. The fourth-order valence-electron chi connectivity index (χ4n) is 0.675. The van der Waals surface area contributed by atoms with Crippen LogP contribution in [0.1, 0.15) is 20.8 Å². The van der Waals surface area contributed by atoms with E-state index >= 15 is 0 Å². The standard InChI is InChI=1S/C8H12O2/c1-4-6(3)7(5-2)8(9)10/h4-5H,1-3H3,(H,9,10)/b6-4-,7-5+. The molecule has 0 bridgehead atoms. The molecular weight excluding hydrogens is 128 g/mol. The highest BCUT2D eigenvalue weighted by Gasteiger charge is 2.05. The van der Waals surface area contributed by atoms with E-state index in [1.165, 1.54) is 0 Å². The van der Waals surface area contributed by atoms with Crippen molar-refractivity contribution in [3.05, 3.63) is 23.3 Å². The van der Waals surface area contributed by atoms with Crippen molar-refractivity contribution in [2.75, 3.05) is 0 Å². The van der Waals surface area contributed by atoms with E-state index < -0.39 is 5.97 Å². The third-order valence-corrected chi connectivity index (χ3v) is 1.38. The normalized spacial score (nSPS) is 13.5. The molecule has 0 heterocycles. The Morgan fingerprint density at radius 3 is 1.90 bits per heavy atom. The molecule has 0 unspecified atom stereocenters. The minimum atomic E-state index is -0.863. The highest BCUT2D eigenvalue weighted by Crippen LogP contribution is 2.07. The molecule has 1 N–H and O–H groups in total. The first-order valence-corrected chi connectivity index (χ1v) is 3.16. The van der Waals surface area contributed by atoms with Gasteiger partial charge < -0.3 is 5.11 Å².